The number of carbonyl (C=O) groups excluding carboxylic acids is 4. The molecule has 2 N–H and O–H groups in total. The van der Waals surface area contributed by atoms with Crippen LogP contribution in [0.5, 0.6) is 5.75 Å². The maximum Gasteiger partial charge on any atom is 0.387 e. The Hall–Kier alpha value is -4.75. The summed E-state index contributed by atoms with van der Waals surface area (Å²) in [7, 11) is 0. The van der Waals surface area contributed by atoms with Gasteiger partial charge in [-0.2, -0.15) is 8.78 Å². The Labute approximate surface area is 189 Å². The normalized spacial score (nSPS) is 10.4. The molecule has 0 radical (unpaired) electrons. The number of benzene rings is 2. The first-order valence-electron chi connectivity index (χ1n) is 9.47. The number of tetrazole rings is 1. The maximum atomic E-state index is 12.4. The third kappa shape index (κ3) is 6.88. The van der Waals surface area contributed by atoms with E-state index in [9.17, 15) is 28.0 Å². The summed E-state index contributed by atoms with van der Waals surface area (Å²) in [6.45, 7) is -4.00. The van der Waals surface area contributed by atoms with Gasteiger partial charge in [0.2, 0.25) is 5.91 Å². The largest absolute Gasteiger partial charge is 0.452 e. The monoisotopic (exact) mass is 474 g/mol. The second-order valence-electron chi connectivity index (χ2n) is 6.46. The first-order valence-corrected chi connectivity index (χ1v) is 9.47. The Morgan fingerprint density at radius 2 is 1.74 bits per heavy atom. The van der Waals surface area contributed by atoms with E-state index in [1.807, 2.05) is 5.32 Å². The van der Waals surface area contributed by atoms with E-state index in [0.717, 1.165) is 12.1 Å². The second-order valence-corrected chi connectivity index (χ2v) is 6.46. The lowest BCUT2D eigenvalue weighted by Gasteiger charge is -2.11. The number of para-hydroxylation sites is 1. The Bertz CT molecular complexity index is 1170. The number of hydrogen-bond donors (Lipinski definition) is 2. The first-order chi connectivity index (χ1) is 16.3. The molecule has 0 fully saturated rings. The molecule has 0 unspecified atom stereocenters. The van der Waals surface area contributed by atoms with E-state index in [2.05, 4.69) is 25.6 Å². The van der Waals surface area contributed by atoms with Crippen LogP contribution < -0.4 is 15.4 Å². The van der Waals surface area contributed by atoms with Gasteiger partial charge in [-0.25, -0.2) is 9.48 Å². The van der Waals surface area contributed by atoms with Crippen LogP contribution in [0.15, 0.2) is 54.9 Å². The molecule has 3 rings (SSSR count). The lowest BCUT2D eigenvalue weighted by atomic mass is 10.2. The number of hydrogen-bond acceptors (Lipinski definition) is 9. The van der Waals surface area contributed by atoms with Crippen LogP contribution in [0.1, 0.15) is 20.7 Å². The van der Waals surface area contributed by atoms with Crippen LogP contribution in [0.3, 0.4) is 0 Å². The van der Waals surface area contributed by atoms with Crippen molar-refractivity contribution in [2.24, 2.45) is 0 Å². The summed E-state index contributed by atoms with van der Waals surface area (Å²) < 4.78 is 34.6. The van der Waals surface area contributed by atoms with Crippen molar-refractivity contribution in [1.82, 2.24) is 25.5 Å². The molecule has 0 aliphatic carbocycles. The number of nitrogens with one attached hydrogen (secondary N) is 2. The molecular weight excluding hydrogens is 458 g/mol. The van der Waals surface area contributed by atoms with Crippen LogP contribution in [0, 0.1) is 0 Å². The van der Waals surface area contributed by atoms with Crippen molar-refractivity contribution in [2.75, 3.05) is 11.9 Å². The molecule has 0 aliphatic rings. The van der Waals surface area contributed by atoms with Gasteiger partial charge in [-0.05, 0) is 46.8 Å². The molecule has 0 atom stereocenters. The van der Waals surface area contributed by atoms with Crippen LogP contribution in [-0.4, -0.2) is 57.1 Å². The summed E-state index contributed by atoms with van der Waals surface area (Å²) >= 11 is 0. The lowest BCUT2D eigenvalue weighted by molar-refractivity contribution is -0.123. The fourth-order valence-corrected chi connectivity index (χ4v) is 2.59. The quantitative estimate of drug-likeness (QED) is 0.433. The van der Waals surface area contributed by atoms with E-state index in [-0.39, 0.29) is 29.1 Å². The number of ether oxygens (including phenoxy) is 2. The minimum Gasteiger partial charge on any atom is -0.452 e. The highest BCUT2D eigenvalue weighted by Crippen LogP contribution is 2.17. The van der Waals surface area contributed by atoms with Crippen molar-refractivity contribution in [1.29, 1.82) is 0 Å². The molecule has 1 heterocycles. The van der Waals surface area contributed by atoms with E-state index >= 15 is 0 Å². The molecule has 34 heavy (non-hydrogen) atoms. The number of alkyl halides is 2. The maximum absolute atomic E-state index is 12.4. The number of halogens is 2. The van der Waals surface area contributed by atoms with Gasteiger partial charge < -0.3 is 14.8 Å². The molecule has 0 saturated heterocycles. The van der Waals surface area contributed by atoms with Crippen LogP contribution >= 0.6 is 0 Å². The highest BCUT2D eigenvalue weighted by Gasteiger charge is 2.18. The van der Waals surface area contributed by atoms with Crippen molar-refractivity contribution >= 4 is 29.4 Å². The predicted octanol–water partition coefficient (Wildman–Crippen LogP) is 1.03. The van der Waals surface area contributed by atoms with Gasteiger partial charge in [-0.3, -0.25) is 19.7 Å². The summed E-state index contributed by atoms with van der Waals surface area (Å²) in [6, 6.07) is 10.6. The number of rotatable bonds is 9. The molecule has 0 aliphatic heterocycles. The lowest BCUT2D eigenvalue weighted by Crippen LogP contribution is -2.34. The van der Waals surface area contributed by atoms with E-state index < -0.39 is 36.9 Å². The van der Waals surface area contributed by atoms with Gasteiger partial charge in [-0.15, -0.1) is 5.10 Å². The van der Waals surface area contributed by atoms with Crippen LogP contribution in [0.25, 0.3) is 0 Å². The number of esters is 1. The standard InChI is InChI=1S/C20H16F2N6O6/c21-20(22)34-13-7-5-12(6-8-13)18(31)25-17(30)10-33-19(32)14-3-1-2-4-15(14)24-16(29)9-28-11-23-26-27-28/h1-8,11,20H,9-10H2,(H,24,29)(H,25,30,31). The van der Waals surface area contributed by atoms with Gasteiger partial charge >= 0.3 is 12.6 Å². The average molecular weight is 474 g/mol. The SMILES string of the molecule is O=C(COC(=O)c1ccccc1NC(=O)Cn1cnnn1)NC(=O)c1ccc(OC(F)F)cc1. The Balaban J connectivity index is 1.52. The molecule has 0 saturated carbocycles. The molecule has 2 aromatic carbocycles. The molecule has 3 aromatic rings. The van der Waals surface area contributed by atoms with Crippen molar-refractivity contribution in [2.45, 2.75) is 13.2 Å². The molecular formula is C20H16F2N6O6. The summed E-state index contributed by atoms with van der Waals surface area (Å²) in [6.07, 6.45) is 1.24. The van der Waals surface area contributed by atoms with Crippen molar-refractivity contribution in [3.8, 4) is 5.75 Å². The third-order valence-electron chi connectivity index (χ3n) is 4.05. The zero-order valence-electron chi connectivity index (χ0n) is 17.2. The molecule has 3 amide bonds. The Kier molecular flexibility index (Phi) is 7.88. The number of imide groups is 1. The van der Waals surface area contributed by atoms with Crippen LogP contribution in [-0.2, 0) is 20.9 Å². The zero-order chi connectivity index (χ0) is 24.5. The number of amides is 3. The summed E-state index contributed by atoms with van der Waals surface area (Å²) in [4.78, 5) is 48.6. The minimum atomic E-state index is -3.01. The number of aromatic nitrogens is 4. The Morgan fingerprint density at radius 1 is 1.00 bits per heavy atom. The number of anilines is 1. The van der Waals surface area contributed by atoms with E-state index in [1.54, 1.807) is 6.07 Å². The molecule has 0 spiro atoms. The molecule has 176 valence electrons. The van der Waals surface area contributed by atoms with E-state index in [0.29, 0.717) is 0 Å². The zero-order valence-corrected chi connectivity index (χ0v) is 17.2. The average Bonchev–Trinajstić information content (AvgIpc) is 3.30. The highest BCUT2D eigenvalue weighted by atomic mass is 19.3. The van der Waals surface area contributed by atoms with Crippen LogP contribution in [0.4, 0.5) is 14.5 Å². The van der Waals surface area contributed by atoms with Crippen molar-refractivity contribution < 1.29 is 37.4 Å². The summed E-state index contributed by atoms with van der Waals surface area (Å²) in [5.74, 6) is -3.35. The van der Waals surface area contributed by atoms with Crippen LogP contribution in [0.2, 0.25) is 0 Å². The fourth-order valence-electron chi connectivity index (χ4n) is 2.59. The number of carbonyl (C=O) groups is 4. The molecule has 1 aromatic heterocycles. The fraction of sp³-hybridized carbons (Fsp3) is 0.150. The van der Waals surface area contributed by atoms with Crippen molar-refractivity contribution in [3.63, 3.8) is 0 Å². The van der Waals surface area contributed by atoms with Crippen molar-refractivity contribution in [3.05, 3.63) is 66.0 Å². The summed E-state index contributed by atoms with van der Waals surface area (Å²) in [5, 5.41) is 14.9. The van der Waals surface area contributed by atoms with Gasteiger partial charge in [0.05, 0.1) is 11.3 Å². The van der Waals surface area contributed by atoms with Gasteiger partial charge in [0.15, 0.2) is 6.61 Å². The minimum absolute atomic E-state index is 0.00284. The highest BCUT2D eigenvalue weighted by molar-refractivity contribution is 6.06. The molecule has 12 nitrogen and oxygen atoms in total. The third-order valence-corrected chi connectivity index (χ3v) is 4.05. The van der Waals surface area contributed by atoms with Gasteiger partial charge in [0.25, 0.3) is 11.8 Å². The first kappa shape index (κ1) is 23.9. The second kappa shape index (κ2) is 11.2. The van der Waals surface area contributed by atoms with Gasteiger partial charge in [-0.1, -0.05) is 12.1 Å². The van der Waals surface area contributed by atoms with E-state index in [1.165, 1.54) is 41.3 Å². The smallest absolute Gasteiger partial charge is 0.387 e. The number of nitrogens with zero attached hydrogens (tertiary/aromatic N) is 4. The predicted molar refractivity (Wildman–Crippen MR) is 109 cm³/mol. The topological polar surface area (TPSA) is 154 Å². The van der Waals surface area contributed by atoms with Gasteiger partial charge in [0, 0.05) is 5.56 Å². The summed E-state index contributed by atoms with van der Waals surface area (Å²) in [5.41, 5.74) is 0.103. The molecule has 0 bridgehead atoms. The van der Waals surface area contributed by atoms with E-state index in [4.69, 9.17) is 4.74 Å². The molecule has 14 heteroatoms. The van der Waals surface area contributed by atoms with Gasteiger partial charge in [0.1, 0.15) is 18.6 Å². The Morgan fingerprint density at radius 3 is 2.41 bits per heavy atom.